The van der Waals surface area contributed by atoms with Crippen molar-refractivity contribution >= 4 is 22.8 Å². The summed E-state index contributed by atoms with van der Waals surface area (Å²) < 4.78 is 36.6. The summed E-state index contributed by atoms with van der Waals surface area (Å²) >= 11 is 0. The molecule has 8 nitrogen and oxygen atoms in total. The van der Waals surface area contributed by atoms with Gasteiger partial charge in [0.05, 0.1) is 11.6 Å². The average molecular weight is 358 g/mol. The number of hydrazine groups is 1. The Morgan fingerprint density at radius 3 is 2.64 bits per heavy atom. The van der Waals surface area contributed by atoms with Crippen LogP contribution >= 0.6 is 0 Å². The number of H-pyrrole nitrogens is 1. The van der Waals surface area contributed by atoms with E-state index in [2.05, 4.69) is 27.2 Å². The molecule has 0 spiro atoms. The third-order valence-electron chi connectivity index (χ3n) is 3.55. The number of nitrogens with two attached hydrogens (primary N) is 3. The highest BCUT2D eigenvalue weighted by molar-refractivity contribution is 5.86. The number of aromatic amines is 1. The zero-order chi connectivity index (χ0) is 18.6. The first kappa shape index (κ1) is 18.6. The number of fused-ring (bicyclic) bond motifs is 1. The van der Waals surface area contributed by atoms with Crippen molar-refractivity contribution in [2.45, 2.75) is 32.5 Å². The Hall–Kier alpha value is -2.69. The van der Waals surface area contributed by atoms with Gasteiger partial charge < -0.3 is 21.8 Å². The summed E-state index contributed by atoms with van der Waals surface area (Å²) in [5.41, 5.74) is 11.5. The molecule has 2 heterocycles. The first-order chi connectivity index (χ1) is 11.7. The highest BCUT2D eigenvalue weighted by Gasteiger charge is 2.33. The fourth-order valence-electron chi connectivity index (χ4n) is 1.93. The number of halogens is 3. The lowest BCUT2D eigenvalue weighted by molar-refractivity contribution is -0.229. The van der Waals surface area contributed by atoms with E-state index in [0.29, 0.717) is 17.2 Å². The van der Waals surface area contributed by atoms with Crippen LogP contribution in [0.4, 0.5) is 24.9 Å². The molecule has 1 aliphatic carbocycles. The molecule has 25 heavy (non-hydrogen) atoms. The summed E-state index contributed by atoms with van der Waals surface area (Å²) in [5.74, 6) is 5.60. The van der Waals surface area contributed by atoms with E-state index in [-0.39, 0.29) is 11.8 Å². The molecule has 0 atom stereocenters. The topological polar surface area (TPSA) is 135 Å². The fourth-order valence-corrected chi connectivity index (χ4v) is 1.93. The number of nitrogen functional groups attached to an aromatic ring is 1. The van der Waals surface area contributed by atoms with Crippen LogP contribution in [0.25, 0.3) is 11.0 Å². The molecule has 1 fully saturated rings. The lowest BCUT2D eigenvalue weighted by atomic mass is 10.3. The number of rotatable bonds is 4. The Bertz CT molecular complexity index is 735. The highest BCUT2D eigenvalue weighted by Crippen LogP contribution is 2.31. The van der Waals surface area contributed by atoms with Gasteiger partial charge in [-0.05, 0) is 12.0 Å². The molecule has 0 aliphatic heterocycles. The standard InChI is InChI=1S/C9H11F3N8.C5H10/c10-9(11,12)20(15)3-5(13)17-8-18-6(14)4-1-2-16-7(4)19-8;1-2-5-3-4-5/h1-3H,13,15H2,(H4,14,16,17,18,19);5H,2-4H2,1H3/b5-3+;. The van der Waals surface area contributed by atoms with Gasteiger partial charge in [0.1, 0.15) is 17.3 Å². The molecule has 0 unspecified atom stereocenters. The van der Waals surface area contributed by atoms with Crippen molar-refractivity contribution in [3.8, 4) is 0 Å². The third kappa shape index (κ3) is 5.41. The molecule has 138 valence electrons. The van der Waals surface area contributed by atoms with Crippen molar-refractivity contribution in [3.63, 3.8) is 0 Å². The van der Waals surface area contributed by atoms with Crippen molar-refractivity contribution in [3.05, 3.63) is 24.3 Å². The van der Waals surface area contributed by atoms with Gasteiger partial charge in [0.2, 0.25) is 5.95 Å². The van der Waals surface area contributed by atoms with Crippen LogP contribution < -0.4 is 22.6 Å². The second-order valence-corrected chi connectivity index (χ2v) is 5.61. The maximum Gasteiger partial charge on any atom is 0.498 e. The molecular weight excluding hydrogens is 337 g/mol. The fraction of sp³-hybridized carbons (Fsp3) is 0.429. The van der Waals surface area contributed by atoms with E-state index < -0.39 is 17.1 Å². The van der Waals surface area contributed by atoms with Gasteiger partial charge in [-0.3, -0.25) is 0 Å². The molecule has 0 radical (unpaired) electrons. The summed E-state index contributed by atoms with van der Waals surface area (Å²) in [7, 11) is 0. The number of hydrogen-bond donors (Lipinski definition) is 5. The molecule has 1 aliphatic rings. The van der Waals surface area contributed by atoms with Crippen LogP contribution in [0.2, 0.25) is 0 Å². The van der Waals surface area contributed by atoms with E-state index in [1.165, 1.54) is 19.3 Å². The molecule has 0 saturated heterocycles. The van der Waals surface area contributed by atoms with Crippen molar-refractivity contribution in [1.82, 2.24) is 20.0 Å². The van der Waals surface area contributed by atoms with Gasteiger partial charge in [0, 0.05) is 6.20 Å². The monoisotopic (exact) mass is 358 g/mol. The quantitative estimate of drug-likeness (QED) is 0.321. The van der Waals surface area contributed by atoms with Crippen LogP contribution in [-0.2, 0) is 0 Å². The molecule has 0 aromatic carbocycles. The lowest BCUT2D eigenvalue weighted by Gasteiger charge is -2.17. The predicted molar refractivity (Wildman–Crippen MR) is 89.3 cm³/mol. The van der Waals surface area contributed by atoms with Crippen molar-refractivity contribution in [2.75, 3.05) is 11.1 Å². The largest absolute Gasteiger partial charge is 0.498 e. The maximum atomic E-state index is 12.2. The Labute approximate surface area is 142 Å². The highest BCUT2D eigenvalue weighted by atomic mass is 19.4. The molecule has 3 rings (SSSR count). The number of aromatic nitrogens is 3. The van der Waals surface area contributed by atoms with Gasteiger partial charge in [0.15, 0.2) is 0 Å². The zero-order valence-corrected chi connectivity index (χ0v) is 13.6. The average Bonchev–Trinajstić information content (AvgIpc) is 3.24. The summed E-state index contributed by atoms with van der Waals surface area (Å²) in [6.45, 7) is 2.26. The van der Waals surface area contributed by atoms with Gasteiger partial charge in [-0.15, -0.1) is 13.2 Å². The van der Waals surface area contributed by atoms with Crippen LogP contribution in [0, 0.1) is 5.92 Å². The summed E-state index contributed by atoms with van der Waals surface area (Å²) in [6, 6.07) is 1.67. The molecule has 8 N–H and O–H groups in total. The van der Waals surface area contributed by atoms with Crippen LogP contribution in [0.1, 0.15) is 26.2 Å². The predicted octanol–water partition coefficient (Wildman–Crippen LogP) is 2.21. The molecular formula is C14H21F3N8. The minimum absolute atomic E-state index is 0.0539. The Balaban J connectivity index is 0.000000386. The van der Waals surface area contributed by atoms with Gasteiger partial charge in [-0.2, -0.15) is 9.97 Å². The molecule has 1 saturated carbocycles. The molecule has 2 aromatic rings. The normalized spacial score (nSPS) is 14.8. The van der Waals surface area contributed by atoms with E-state index in [0.717, 1.165) is 5.92 Å². The molecule has 2 aromatic heterocycles. The second-order valence-electron chi connectivity index (χ2n) is 5.61. The minimum Gasteiger partial charge on any atom is -0.384 e. The minimum atomic E-state index is -4.74. The molecule has 0 amide bonds. The van der Waals surface area contributed by atoms with Gasteiger partial charge in [0.25, 0.3) is 0 Å². The van der Waals surface area contributed by atoms with Crippen LogP contribution in [0.5, 0.6) is 0 Å². The SMILES string of the molecule is CCC1CC1.N/C(=C\N(N)C(F)(F)F)Nc1nc(N)c2cc[nH]c2n1. The van der Waals surface area contributed by atoms with E-state index in [1.807, 2.05) is 0 Å². The summed E-state index contributed by atoms with van der Waals surface area (Å²) in [5, 5.41) is 2.46. The van der Waals surface area contributed by atoms with Crippen LogP contribution in [0.3, 0.4) is 0 Å². The van der Waals surface area contributed by atoms with Crippen LogP contribution in [0.15, 0.2) is 24.3 Å². The first-order valence-electron chi connectivity index (χ1n) is 7.66. The third-order valence-corrected chi connectivity index (χ3v) is 3.55. The van der Waals surface area contributed by atoms with E-state index in [1.54, 1.807) is 12.3 Å². The Morgan fingerprint density at radius 2 is 2.12 bits per heavy atom. The first-order valence-corrected chi connectivity index (χ1v) is 7.66. The smallest absolute Gasteiger partial charge is 0.384 e. The number of alkyl halides is 3. The molecule has 11 heteroatoms. The van der Waals surface area contributed by atoms with Crippen LogP contribution in [-0.4, -0.2) is 26.3 Å². The van der Waals surface area contributed by atoms with E-state index in [4.69, 9.17) is 17.3 Å². The summed E-state index contributed by atoms with van der Waals surface area (Å²) in [6.07, 6.45) is 1.75. The number of anilines is 2. The maximum absolute atomic E-state index is 12.2. The second kappa shape index (κ2) is 7.47. The Morgan fingerprint density at radius 1 is 1.44 bits per heavy atom. The van der Waals surface area contributed by atoms with Gasteiger partial charge in [-0.1, -0.05) is 26.2 Å². The van der Waals surface area contributed by atoms with E-state index >= 15 is 0 Å². The number of nitrogens with zero attached hydrogens (tertiary/aromatic N) is 3. The lowest BCUT2D eigenvalue weighted by Crippen LogP contribution is -2.40. The van der Waals surface area contributed by atoms with E-state index in [9.17, 15) is 13.2 Å². The number of nitrogens with one attached hydrogen (secondary N) is 2. The van der Waals surface area contributed by atoms with Crippen molar-refractivity contribution < 1.29 is 13.2 Å². The zero-order valence-electron chi connectivity index (χ0n) is 13.6. The Kier molecular flexibility index (Phi) is 5.57. The van der Waals surface area contributed by atoms with Crippen molar-refractivity contribution in [2.24, 2.45) is 17.5 Å². The van der Waals surface area contributed by atoms with Crippen molar-refractivity contribution in [1.29, 1.82) is 0 Å². The molecule has 0 bridgehead atoms. The number of hydrogen-bond acceptors (Lipinski definition) is 7. The van der Waals surface area contributed by atoms with Gasteiger partial charge >= 0.3 is 6.30 Å². The summed E-state index contributed by atoms with van der Waals surface area (Å²) in [4.78, 5) is 10.6. The van der Waals surface area contributed by atoms with Gasteiger partial charge in [-0.25, -0.2) is 10.9 Å².